The van der Waals surface area contributed by atoms with E-state index in [-0.39, 0.29) is 5.91 Å². The summed E-state index contributed by atoms with van der Waals surface area (Å²) in [4.78, 5) is 19.3. The molecule has 0 spiro atoms. The van der Waals surface area contributed by atoms with Crippen LogP contribution in [-0.4, -0.2) is 43.2 Å². The summed E-state index contributed by atoms with van der Waals surface area (Å²) in [6.07, 6.45) is 5.66. The van der Waals surface area contributed by atoms with Crippen molar-refractivity contribution < 1.29 is 4.79 Å². The summed E-state index contributed by atoms with van der Waals surface area (Å²) in [5.41, 5.74) is 2.84. The third-order valence-corrected chi connectivity index (χ3v) is 5.31. The van der Waals surface area contributed by atoms with Crippen LogP contribution in [0.4, 0.5) is 0 Å². The molecule has 1 aromatic carbocycles. The Hall–Kier alpha value is -2.89. The number of nitrogens with zero attached hydrogens (tertiary/aromatic N) is 5. The summed E-state index contributed by atoms with van der Waals surface area (Å²) in [6.45, 7) is 6.39. The molecule has 0 unspecified atom stereocenters. The fourth-order valence-corrected chi connectivity index (χ4v) is 3.85. The Balaban J connectivity index is 1.49. The number of piperidine rings is 1. The van der Waals surface area contributed by atoms with Crippen LogP contribution in [0, 0.1) is 6.92 Å². The van der Waals surface area contributed by atoms with Gasteiger partial charge in [-0.25, -0.2) is 4.98 Å². The molecule has 3 aromatic rings. The summed E-state index contributed by atoms with van der Waals surface area (Å²) in [6, 6.07) is 12.5. The van der Waals surface area contributed by atoms with Crippen LogP contribution < -0.4 is 0 Å². The summed E-state index contributed by atoms with van der Waals surface area (Å²) < 4.78 is 4.13. The minimum absolute atomic E-state index is 0.0336. The molecule has 6 nitrogen and oxygen atoms in total. The van der Waals surface area contributed by atoms with Crippen LogP contribution in [0.1, 0.15) is 42.0 Å². The Morgan fingerprint density at radius 2 is 1.89 bits per heavy atom. The predicted molar refractivity (Wildman–Crippen MR) is 104 cm³/mol. The molecule has 3 heterocycles. The maximum Gasteiger partial charge on any atom is 0.274 e. The number of benzene rings is 1. The van der Waals surface area contributed by atoms with Crippen molar-refractivity contribution in [2.24, 2.45) is 0 Å². The van der Waals surface area contributed by atoms with Crippen LogP contribution in [0.25, 0.3) is 11.4 Å². The van der Waals surface area contributed by atoms with Gasteiger partial charge in [-0.3, -0.25) is 9.48 Å². The fourth-order valence-electron chi connectivity index (χ4n) is 3.85. The molecule has 1 aliphatic rings. The normalized spacial score (nSPS) is 15.3. The summed E-state index contributed by atoms with van der Waals surface area (Å²) in [5, 5.41) is 4.35. The van der Waals surface area contributed by atoms with Gasteiger partial charge in [0.05, 0.1) is 0 Å². The van der Waals surface area contributed by atoms with Crippen LogP contribution in [0.2, 0.25) is 0 Å². The van der Waals surface area contributed by atoms with Crippen LogP contribution >= 0.6 is 0 Å². The lowest BCUT2D eigenvalue weighted by Gasteiger charge is -2.33. The lowest BCUT2D eigenvalue weighted by atomic mass is 10.0. The van der Waals surface area contributed by atoms with E-state index < -0.39 is 0 Å². The molecule has 27 heavy (non-hydrogen) atoms. The first kappa shape index (κ1) is 17.5. The third kappa shape index (κ3) is 3.39. The van der Waals surface area contributed by atoms with Gasteiger partial charge in [-0.1, -0.05) is 30.3 Å². The van der Waals surface area contributed by atoms with E-state index >= 15 is 0 Å². The SMILES string of the molecule is CCn1ccc(C(=O)N2CCC(n3c(C)cnc3-c3ccccc3)CC2)n1. The molecule has 0 saturated carbocycles. The maximum atomic E-state index is 12.7. The highest BCUT2D eigenvalue weighted by molar-refractivity contribution is 5.92. The number of aromatic nitrogens is 4. The van der Waals surface area contributed by atoms with E-state index in [1.165, 1.54) is 5.69 Å². The number of aryl methyl sites for hydroxylation is 2. The zero-order valence-electron chi connectivity index (χ0n) is 15.9. The van der Waals surface area contributed by atoms with E-state index in [1.807, 2.05) is 48.5 Å². The Morgan fingerprint density at radius 3 is 2.56 bits per heavy atom. The van der Waals surface area contributed by atoms with Gasteiger partial charge in [0.15, 0.2) is 0 Å². The predicted octanol–water partition coefficient (Wildman–Crippen LogP) is 3.55. The minimum Gasteiger partial charge on any atom is -0.337 e. The van der Waals surface area contributed by atoms with Crippen LogP contribution in [0.3, 0.4) is 0 Å². The summed E-state index contributed by atoms with van der Waals surface area (Å²) in [5.74, 6) is 1.05. The van der Waals surface area contributed by atoms with Gasteiger partial charge in [0.2, 0.25) is 0 Å². The maximum absolute atomic E-state index is 12.7. The third-order valence-electron chi connectivity index (χ3n) is 5.31. The number of rotatable bonds is 4. The number of imidazole rings is 1. The van der Waals surface area contributed by atoms with Crippen LogP contribution in [0.15, 0.2) is 48.8 Å². The second kappa shape index (κ2) is 7.39. The molecule has 0 bridgehead atoms. The standard InChI is InChI=1S/C21H25N5O/c1-3-25-14-11-19(23-25)21(27)24-12-9-18(10-13-24)26-16(2)15-22-20(26)17-7-5-4-6-8-17/h4-8,11,14-15,18H,3,9-10,12-13H2,1-2H3. The van der Waals surface area contributed by atoms with Gasteiger partial charge in [-0.15, -0.1) is 0 Å². The molecule has 140 valence electrons. The van der Waals surface area contributed by atoms with Gasteiger partial charge < -0.3 is 9.47 Å². The fraction of sp³-hybridized carbons (Fsp3) is 0.381. The molecule has 6 heteroatoms. The molecule has 0 radical (unpaired) electrons. The number of hydrogen-bond donors (Lipinski definition) is 0. The monoisotopic (exact) mass is 363 g/mol. The number of hydrogen-bond acceptors (Lipinski definition) is 3. The zero-order valence-corrected chi connectivity index (χ0v) is 15.9. The molecule has 1 fully saturated rings. The molecule has 0 N–H and O–H groups in total. The molecular weight excluding hydrogens is 338 g/mol. The molecule has 0 atom stereocenters. The molecular formula is C21H25N5O. The number of amides is 1. The van der Waals surface area contributed by atoms with Crippen molar-refractivity contribution in [2.75, 3.05) is 13.1 Å². The van der Waals surface area contributed by atoms with Crippen LogP contribution in [-0.2, 0) is 6.54 Å². The molecule has 4 rings (SSSR count). The first-order chi connectivity index (χ1) is 13.2. The van der Waals surface area contributed by atoms with Crippen molar-refractivity contribution >= 4 is 5.91 Å². The number of carbonyl (C=O) groups excluding carboxylic acids is 1. The van der Waals surface area contributed by atoms with Crippen molar-refractivity contribution in [1.29, 1.82) is 0 Å². The molecule has 1 saturated heterocycles. The first-order valence-electron chi connectivity index (χ1n) is 9.59. The van der Waals surface area contributed by atoms with Gasteiger partial charge >= 0.3 is 0 Å². The van der Waals surface area contributed by atoms with E-state index in [4.69, 9.17) is 0 Å². The van der Waals surface area contributed by atoms with Gasteiger partial charge in [0, 0.05) is 49.3 Å². The Labute approximate surface area is 159 Å². The van der Waals surface area contributed by atoms with Crippen molar-refractivity contribution in [3.63, 3.8) is 0 Å². The van der Waals surface area contributed by atoms with Crippen molar-refractivity contribution in [3.8, 4) is 11.4 Å². The highest BCUT2D eigenvalue weighted by atomic mass is 16.2. The molecule has 2 aromatic heterocycles. The minimum atomic E-state index is 0.0336. The topological polar surface area (TPSA) is 56.0 Å². The molecule has 0 aliphatic carbocycles. The highest BCUT2D eigenvalue weighted by Crippen LogP contribution is 2.30. The van der Waals surface area contributed by atoms with Gasteiger partial charge in [-0.05, 0) is 32.8 Å². The lowest BCUT2D eigenvalue weighted by Crippen LogP contribution is -2.39. The van der Waals surface area contributed by atoms with Crippen LogP contribution in [0.5, 0.6) is 0 Å². The number of carbonyl (C=O) groups is 1. The smallest absolute Gasteiger partial charge is 0.274 e. The second-order valence-electron chi connectivity index (χ2n) is 7.04. The van der Waals surface area contributed by atoms with E-state index in [1.54, 1.807) is 4.68 Å². The van der Waals surface area contributed by atoms with E-state index in [9.17, 15) is 4.79 Å². The van der Waals surface area contributed by atoms with Crippen molar-refractivity contribution in [2.45, 2.75) is 39.3 Å². The van der Waals surface area contributed by atoms with E-state index in [0.717, 1.165) is 43.9 Å². The Kier molecular flexibility index (Phi) is 4.79. The molecule has 1 aliphatic heterocycles. The quantitative estimate of drug-likeness (QED) is 0.712. The average molecular weight is 363 g/mol. The van der Waals surface area contributed by atoms with Gasteiger partial charge in [-0.2, -0.15) is 5.10 Å². The summed E-state index contributed by atoms with van der Waals surface area (Å²) >= 11 is 0. The lowest BCUT2D eigenvalue weighted by molar-refractivity contribution is 0.0688. The number of likely N-dealkylation sites (tertiary alicyclic amines) is 1. The Bertz CT molecular complexity index is 919. The van der Waals surface area contributed by atoms with Crippen molar-refractivity contribution in [1.82, 2.24) is 24.2 Å². The highest BCUT2D eigenvalue weighted by Gasteiger charge is 2.27. The molecule has 1 amide bonds. The summed E-state index contributed by atoms with van der Waals surface area (Å²) in [7, 11) is 0. The average Bonchev–Trinajstić information content (AvgIpc) is 3.35. The zero-order chi connectivity index (χ0) is 18.8. The first-order valence-corrected chi connectivity index (χ1v) is 9.59. The van der Waals surface area contributed by atoms with E-state index in [0.29, 0.717) is 11.7 Å². The van der Waals surface area contributed by atoms with Crippen molar-refractivity contribution in [3.05, 3.63) is 60.2 Å². The van der Waals surface area contributed by atoms with Gasteiger partial charge in [0.1, 0.15) is 11.5 Å². The van der Waals surface area contributed by atoms with Gasteiger partial charge in [0.25, 0.3) is 5.91 Å². The Morgan fingerprint density at radius 1 is 1.15 bits per heavy atom. The largest absolute Gasteiger partial charge is 0.337 e. The second-order valence-corrected chi connectivity index (χ2v) is 7.04. The van der Waals surface area contributed by atoms with E-state index in [2.05, 4.69) is 33.7 Å².